The molecule has 0 aliphatic carbocycles. The average molecular weight is 191 g/mol. The average Bonchev–Trinajstić information content (AvgIpc) is 2.99. The number of hydrogen-bond donors (Lipinski definition) is 0. The zero-order valence-corrected chi connectivity index (χ0v) is 8.81. The van der Waals surface area contributed by atoms with Gasteiger partial charge < -0.3 is 9.64 Å². The van der Waals surface area contributed by atoms with Crippen molar-refractivity contribution in [3.63, 3.8) is 0 Å². The Morgan fingerprint density at radius 1 is 1.36 bits per heavy atom. The second-order valence-corrected chi connectivity index (χ2v) is 4.09. The van der Waals surface area contributed by atoms with E-state index in [2.05, 4.69) is 49.3 Å². The van der Waals surface area contributed by atoms with Gasteiger partial charge in [-0.05, 0) is 26.1 Å². The molecule has 0 N–H and O–H groups in total. The molecule has 1 heterocycles. The normalized spacial score (nSPS) is 22.4. The van der Waals surface area contributed by atoms with Crippen molar-refractivity contribution in [1.29, 1.82) is 0 Å². The van der Waals surface area contributed by atoms with Gasteiger partial charge in [-0.3, -0.25) is 0 Å². The first-order chi connectivity index (χ1) is 6.77. The largest absolute Gasteiger partial charge is 0.371 e. The van der Waals surface area contributed by atoms with E-state index in [9.17, 15) is 0 Å². The Morgan fingerprint density at radius 2 is 2.00 bits per heavy atom. The molecule has 0 radical (unpaired) electrons. The Labute approximate surface area is 85.5 Å². The maximum Gasteiger partial charge on any atom is 0.0967 e. The standard InChI is InChI=1S/C12H17NO/c1-13(2)11(12-9-14-12)8-10-6-4-3-5-7-10/h3-7,11-12H,8-9H2,1-2H3/t11-,12+/m0/s1. The van der Waals surface area contributed by atoms with Gasteiger partial charge in [-0.15, -0.1) is 0 Å². The van der Waals surface area contributed by atoms with Crippen molar-refractivity contribution in [2.24, 2.45) is 0 Å². The predicted molar refractivity (Wildman–Crippen MR) is 57.4 cm³/mol. The molecular formula is C12H17NO. The van der Waals surface area contributed by atoms with Crippen molar-refractivity contribution in [3.05, 3.63) is 35.9 Å². The Bertz CT molecular complexity index is 278. The zero-order chi connectivity index (χ0) is 9.97. The van der Waals surface area contributed by atoms with E-state index in [1.165, 1.54) is 5.56 Å². The van der Waals surface area contributed by atoms with E-state index >= 15 is 0 Å². The Hall–Kier alpha value is -0.860. The molecule has 1 aromatic carbocycles. The molecule has 2 nitrogen and oxygen atoms in total. The minimum Gasteiger partial charge on any atom is -0.371 e. The fourth-order valence-corrected chi connectivity index (χ4v) is 1.78. The maximum absolute atomic E-state index is 5.36. The van der Waals surface area contributed by atoms with Crippen molar-refractivity contribution in [2.75, 3.05) is 20.7 Å². The van der Waals surface area contributed by atoms with Crippen molar-refractivity contribution < 1.29 is 4.74 Å². The van der Waals surface area contributed by atoms with Crippen LogP contribution < -0.4 is 0 Å². The quantitative estimate of drug-likeness (QED) is 0.671. The van der Waals surface area contributed by atoms with Crippen LogP contribution in [0.25, 0.3) is 0 Å². The molecule has 0 aromatic heterocycles. The highest BCUT2D eigenvalue weighted by atomic mass is 16.6. The van der Waals surface area contributed by atoms with Gasteiger partial charge in [0, 0.05) is 6.04 Å². The van der Waals surface area contributed by atoms with E-state index in [0.29, 0.717) is 12.1 Å². The number of nitrogens with zero attached hydrogens (tertiary/aromatic N) is 1. The van der Waals surface area contributed by atoms with Gasteiger partial charge in [-0.25, -0.2) is 0 Å². The molecule has 0 unspecified atom stereocenters. The van der Waals surface area contributed by atoms with Crippen LogP contribution in [0.4, 0.5) is 0 Å². The number of rotatable bonds is 4. The summed E-state index contributed by atoms with van der Waals surface area (Å²) in [5.74, 6) is 0. The summed E-state index contributed by atoms with van der Waals surface area (Å²) < 4.78 is 5.36. The summed E-state index contributed by atoms with van der Waals surface area (Å²) in [6, 6.07) is 11.1. The van der Waals surface area contributed by atoms with E-state index in [1.54, 1.807) is 0 Å². The fraction of sp³-hybridized carbons (Fsp3) is 0.500. The number of benzene rings is 1. The lowest BCUT2D eigenvalue weighted by molar-refractivity contribution is 0.228. The summed E-state index contributed by atoms with van der Waals surface area (Å²) in [5, 5.41) is 0. The molecule has 1 fully saturated rings. The molecule has 1 aliphatic rings. The fourth-order valence-electron chi connectivity index (χ4n) is 1.78. The Balaban J connectivity index is 2.00. The Morgan fingerprint density at radius 3 is 2.50 bits per heavy atom. The molecule has 2 atom stereocenters. The van der Waals surface area contributed by atoms with Crippen LogP contribution >= 0.6 is 0 Å². The van der Waals surface area contributed by atoms with Crippen LogP contribution in [-0.4, -0.2) is 37.7 Å². The molecule has 0 saturated carbocycles. The minimum absolute atomic E-state index is 0.449. The highest BCUT2D eigenvalue weighted by Crippen LogP contribution is 2.21. The number of hydrogen-bond acceptors (Lipinski definition) is 2. The van der Waals surface area contributed by atoms with Crippen LogP contribution in [0.5, 0.6) is 0 Å². The summed E-state index contributed by atoms with van der Waals surface area (Å²) in [6.07, 6.45) is 1.53. The monoisotopic (exact) mass is 191 g/mol. The van der Waals surface area contributed by atoms with Gasteiger partial charge in [0.05, 0.1) is 12.7 Å². The lowest BCUT2D eigenvalue weighted by Crippen LogP contribution is -2.35. The van der Waals surface area contributed by atoms with E-state index in [4.69, 9.17) is 4.74 Å². The van der Waals surface area contributed by atoms with Crippen LogP contribution in [0.1, 0.15) is 5.56 Å². The highest BCUT2D eigenvalue weighted by Gasteiger charge is 2.33. The van der Waals surface area contributed by atoms with Gasteiger partial charge in [0.25, 0.3) is 0 Å². The second kappa shape index (κ2) is 4.11. The van der Waals surface area contributed by atoms with Crippen molar-refractivity contribution in [1.82, 2.24) is 4.90 Å². The van der Waals surface area contributed by atoms with Crippen LogP contribution in [0.3, 0.4) is 0 Å². The topological polar surface area (TPSA) is 15.8 Å². The first-order valence-corrected chi connectivity index (χ1v) is 5.09. The molecule has 1 aliphatic heterocycles. The van der Waals surface area contributed by atoms with Crippen molar-refractivity contribution in [3.8, 4) is 0 Å². The molecule has 0 spiro atoms. The van der Waals surface area contributed by atoms with Crippen LogP contribution in [0, 0.1) is 0 Å². The smallest absolute Gasteiger partial charge is 0.0967 e. The van der Waals surface area contributed by atoms with Crippen LogP contribution in [0.2, 0.25) is 0 Å². The van der Waals surface area contributed by atoms with Crippen LogP contribution in [0.15, 0.2) is 30.3 Å². The highest BCUT2D eigenvalue weighted by molar-refractivity contribution is 5.16. The zero-order valence-electron chi connectivity index (χ0n) is 8.81. The van der Waals surface area contributed by atoms with Gasteiger partial charge in [-0.1, -0.05) is 30.3 Å². The molecule has 76 valence electrons. The van der Waals surface area contributed by atoms with Gasteiger partial charge in [0.2, 0.25) is 0 Å². The summed E-state index contributed by atoms with van der Waals surface area (Å²) >= 11 is 0. The molecule has 1 aromatic rings. The molecule has 0 amide bonds. The van der Waals surface area contributed by atoms with Gasteiger partial charge >= 0.3 is 0 Å². The maximum atomic E-state index is 5.36. The molecule has 14 heavy (non-hydrogen) atoms. The first-order valence-electron chi connectivity index (χ1n) is 5.09. The van der Waals surface area contributed by atoms with E-state index < -0.39 is 0 Å². The summed E-state index contributed by atoms with van der Waals surface area (Å²) in [5.41, 5.74) is 1.39. The van der Waals surface area contributed by atoms with Crippen molar-refractivity contribution in [2.45, 2.75) is 18.6 Å². The lowest BCUT2D eigenvalue weighted by atomic mass is 10.0. The molecule has 2 heteroatoms. The number of likely N-dealkylation sites (N-methyl/N-ethyl adjacent to an activating group) is 1. The van der Waals surface area contributed by atoms with E-state index in [0.717, 1.165) is 13.0 Å². The molecule has 0 bridgehead atoms. The summed E-state index contributed by atoms with van der Waals surface area (Å²) in [7, 11) is 4.24. The summed E-state index contributed by atoms with van der Waals surface area (Å²) in [4.78, 5) is 2.25. The molecule has 1 saturated heterocycles. The number of ether oxygens (including phenoxy) is 1. The lowest BCUT2D eigenvalue weighted by Gasteiger charge is -2.22. The van der Waals surface area contributed by atoms with Gasteiger partial charge in [0.15, 0.2) is 0 Å². The predicted octanol–water partition coefficient (Wildman–Crippen LogP) is 1.56. The number of epoxide rings is 1. The van der Waals surface area contributed by atoms with Gasteiger partial charge in [-0.2, -0.15) is 0 Å². The third-order valence-electron chi connectivity index (χ3n) is 2.74. The van der Waals surface area contributed by atoms with E-state index in [1.807, 2.05) is 0 Å². The summed E-state index contributed by atoms with van der Waals surface area (Å²) in [6.45, 7) is 0.926. The first kappa shape index (κ1) is 9.69. The van der Waals surface area contributed by atoms with Crippen LogP contribution in [-0.2, 0) is 11.2 Å². The van der Waals surface area contributed by atoms with Crippen molar-refractivity contribution >= 4 is 0 Å². The minimum atomic E-state index is 0.449. The SMILES string of the molecule is CN(C)[C@@H](Cc1ccccc1)[C@H]1CO1. The van der Waals surface area contributed by atoms with Gasteiger partial charge in [0.1, 0.15) is 0 Å². The molecule has 2 rings (SSSR count). The Kier molecular flexibility index (Phi) is 2.85. The third-order valence-corrected chi connectivity index (χ3v) is 2.74. The third kappa shape index (κ3) is 2.34. The molecular weight excluding hydrogens is 174 g/mol. The second-order valence-electron chi connectivity index (χ2n) is 4.09. The van der Waals surface area contributed by atoms with E-state index in [-0.39, 0.29) is 0 Å².